The molecule has 130 valence electrons. The molecule has 0 amide bonds. The van der Waals surface area contributed by atoms with Gasteiger partial charge in [-0.2, -0.15) is 10.5 Å². The van der Waals surface area contributed by atoms with E-state index in [-0.39, 0.29) is 12.5 Å². The Morgan fingerprint density at radius 2 is 1.80 bits per heavy atom. The van der Waals surface area contributed by atoms with Crippen LogP contribution < -0.4 is 0 Å². The summed E-state index contributed by atoms with van der Waals surface area (Å²) in [5.74, 6) is -0.357. The van der Waals surface area contributed by atoms with Crippen molar-refractivity contribution >= 4 is 11.5 Å². The molecule has 0 atom stereocenters. The van der Waals surface area contributed by atoms with Crippen LogP contribution in [0.5, 0.6) is 0 Å². The minimum absolute atomic E-state index is 0.186. The van der Waals surface area contributed by atoms with E-state index in [1.165, 1.54) is 6.08 Å². The van der Waals surface area contributed by atoms with Crippen molar-refractivity contribution in [1.29, 1.82) is 10.5 Å². The molecule has 0 unspecified atom stereocenters. The van der Waals surface area contributed by atoms with E-state index >= 15 is 0 Å². The number of rotatable bonds is 6. The summed E-state index contributed by atoms with van der Waals surface area (Å²) < 4.78 is 5.35. The van der Waals surface area contributed by atoms with E-state index < -0.39 is 5.60 Å². The van der Waals surface area contributed by atoms with Gasteiger partial charge in [0.15, 0.2) is 0 Å². The standard InChI is InChI=1S/C20H23N3O2/c1-5-16(15-23(14-12-22)13-6-11-21)17-7-9-18(10-8-17)19(24)25-20(2,3)4/h5-10,13H,14-15H2,1-4H3. The quantitative estimate of drug-likeness (QED) is 0.447. The SMILES string of the molecule is CC=C(CN(C=CC#N)CC#N)c1ccc(C(=O)OC(C)(C)C)cc1. The zero-order chi connectivity index (χ0) is 18.9. The number of hydrogen-bond donors (Lipinski definition) is 0. The van der Waals surface area contributed by atoms with E-state index in [0.29, 0.717) is 12.1 Å². The number of carbonyl (C=O) groups excluding carboxylic acids is 1. The highest BCUT2D eigenvalue weighted by atomic mass is 16.6. The summed E-state index contributed by atoms with van der Waals surface area (Å²) in [5.41, 5.74) is 1.90. The molecule has 0 radical (unpaired) electrons. The molecule has 0 aliphatic rings. The van der Waals surface area contributed by atoms with Gasteiger partial charge in [-0.05, 0) is 51.0 Å². The van der Waals surface area contributed by atoms with Gasteiger partial charge in [0.1, 0.15) is 12.1 Å². The molecule has 0 aliphatic heterocycles. The predicted octanol–water partition coefficient (Wildman–Crippen LogP) is 3.91. The van der Waals surface area contributed by atoms with Gasteiger partial charge in [0.25, 0.3) is 0 Å². The van der Waals surface area contributed by atoms with Gasteiger partial charge in [0, 0.05) is 18.8 Å². The summed E-state index contributed by atoms with van der Waals surface area (Å²) in [6.07, 6.45) is 4.89. The Balaban J connectivity index is 2.91. The number of hydrogen-bond acceptors (Lipinski definition) is 5. The first-order valence-electron chi connectivity index (χ1n) is 7.97. The largest absolute Gasteiger partial charge is 0.456 e. The lowest BCUT2D eigenvalue weighted by Gasteiger charge is -2.20. The number of nitrogens with zero attached hydrogens (tertiary/aromatic N) is 3. The first kappa shape index (κ1) is 20.0. The summed E-state index contributed by atoms with van der Waals surface area (Å²) in [7, 11) is 0. The van der Waals surface area contributed by atoms with Crippen molar-refractivity contribution < 1.29 is 9.53 Å². The Morgan fingerprint density at radius 1 is 1.20 bits per heavy atom. The van der Waals surface area contributed by atoms with Gasteiger partial charge in [0.2, 0.25) is 0 Å². The summed E-state index contributed by atoms with van der Waals surface area (Å²) >= 11 is 0. The zero-order valence-corrected chi connectivity index (χ0v) is 15.1. The van der Waals surface area contributed by atoms with E-state index in [2.05, 4.69) is 6.07 Å². The van der Waals surface area contributed by atoms with Crippen molar-refractivity contribution in [3.05, 3.63) is 53.7 Å². The predicted molar refractivity (Wildman–Crippen MR) is 97.2 cm³/mol. The normalized spacial score (nSPS) is 11.7. The lowest BCUT2D eigenvalue weighted by molar-refractivity contribution is 0.00695. The minimum Gasteiger partial charge on any atom is -0.456 e. The van der Waals surface area contributed by atoms with Crippen molar-refractivity contribution in [2.75, 3.05) is 13.1 Å². The summed E-state index contributed by atoms with van der Waals surface area (Å²) in [5, 5.41) is 17.6. The maximum absolute atomic E-state index is 12.1. The van der Waals surface area contributed by atoms with Crippen molar-refractivity contribution in [3.63, 3.8) is 0 Å². The molecule has 0 fully saturated rings. The molecule has 5 heteroatoms. The van der Waals surface area contributed by atoms with Crippen LogP contribution in [-0.2, 0) is 4.74 Å². The molecule has 0 aromatic heterocycles. The molecule has 0 saturated heterocycles. The molecule has 25 heavy (non-hydrogen) atoms. The molecule has 0 N–H and O–H groups in total. The zero-order valence-electron chi connectivity index (χ0n) is 15.1. The Morgan fingerprint density at radius 3 is 2.28 bits per heavy atom. The number of ether oxygens (including phenoxy) is 1. The first-order valence-corrected chi connectivity index (χ1v) is 7.97. The second-order valence-electron chi connectivity index (χ2n) is 6.40. The fourth-order valence-electron chi connectivity index (χ4n) is 2.12. The first-order chi connectivity index (χ1) is 11.8. The fourth-order valence-corrected chi connectivity index (χ4v) is 2.12. The second-order valence-corrected chi connectivity index (χ2v) is 6.40. The molecule has 1 rings (SSSR count). The Kier molecular flexibility index (Phi) is 7.43. The van der Waals surface area contributed by atoms with E-state index in [0.717, 1.165) is 11.1 Å². The van der Waals surface area contributed by atoms with Gasteiger partial charge in [-0.25, -0.2) is 4.79 Å². The highest BCUT2D eigenvalue weighted by Crippen LogP contribution is 2.19. The summed E-state index contributed by atoms with van der Waals surface area (Å²) in [6, 6.07) is 11.2. The molecule has 5 nitrogen and oxygen atoms in total. The van der Waals surface area contributed by atoms with Crippen LogP contribution in [0.4, 0.5) is 0 Å². The average Bonchev–Trinajstić information content (AvgIpc) is 2.56. The highest BCUT2D eigenvalue weighted by molar-refractivity contribution is 5.90. The Hall–Kier alpha value is -3.05. The van der Waals surface area contributed by atoms with Crippen LogP contribution in [0.15, 0.2) is 42.6 Å². The lowest BCUT2D eigenvalue weighted by atomic mass is 10.0. The van der Waals surface area contributed by atoms with Crippen LogP contribution >= 0.6 is 0 Å². The average molecular weight is 337 g/mol. The minimum atomic E-state index is -0.533. The topological polar surface area (TPSA) is 77.1 Å². The molecule has 0 saturated carbocycles. The van der Waals surface area contributed by atoms with Gasteiger partial charge >= 0.3 is 5.97 Å². The fraction of sp³-hybridized carbons (Fsp3) is 0.350. The summed E-state index contributed by atoms with van der Waals surface area (Å²) in [4.78, 5) is 13.8. The lowest BCUT2D eigenvalue weighted by Crippen LogP contribution is -2.23. The van der Waals surface area contributed by atoms with E-state index in [1.807, 2.05) is 52.0 Å². The summed E-state index contributed by atoms with van der Waals surface area (Å²) in [6.45, 7) is 8.08. The monoisotopic (exact) mass is 337 g/mol. The number of esters is 1. The highest BCUT2D eigenvalue weighted by Gasteiger charge is 2.17. The van der Waals surface area contributed by atoms with Gasteiger partial charge in [-0.3, -0.25) is 0 Å². The van der Waals surface area contributed by atoms with Crippen molar-refractivity contribution in [1.82, 2.24) is 4.90 Å². The van der Waals surface area contributed by atoms with E-state index in [9.17, 15) is 4.79 Å². The van der Waals surface area contributed by atoms with Crippen molar-refractivity contribution in [2.45, 2.75) is 33.3 Å². The molecule has 0 spiro atoms. The third kappa shape index (κ3) is 6.93. The van der Waals surface area contributed by atoms with Crippen LogP contribution in [0.1, 0.15) is 43.6 Å². The molecular formula is C20H23N3O2. The van der Waals surface area contributed by atoms with Crippen LogP contribution in [0.3, 0.4) is 0 Å². The van der Waals surface area contributed by atoms with Gasteiger partial charge in [-0.1, -0.05) is 18.2 Å². The van der Waals surface area contributed by atoms with Crippen molar-refractivity contribution in [3.8, 4) is 12.1 Å². The van der Waals surface area contributed by atoms with Crippen LogP contribution in [0.25, 0.3) is 5.57 Å². The Labute approximate surface area is 149 Å². The van der Waals surface area contributed by atoms with Crippen molar-refractivity contribution in [2.24, 2.45) is 0 Å². The third-order valence-electron chi connectivity index (χ3n) is 3.25. The number of carbonyl (C=O) groups is 1. The molecule has 0 heterocycles. The van der Waals surface area contributed by atoms with E-state index in [4.69, 9.17) is 15.3 Å². The number of nitriles is 2. The molecular weight excluding hydrogens is 314 g/mol. The van der Waals surface area contributed by atoms with Gasteiger partial charge in [0.05, 0.1) is 17.7 Å². The second kappa shape index (κ2) is 9.30. The van der Waals surface area contributed by atoms with Crippen LogP contribution in [-0.4, -0.2) is 29.6 Å². The third-order valence-corrected chi connectivity index (χ3v) is 3.25. The van der Waals surface area contributed by atoms with E-state index in [1.54, 1.807) is 23.2 Å². The molecule has 1 aromatic rings. The molecule has 0 aliphatic carbocycles. The van der Waals surface area contributed by atoms with Crippen LogP contribution in [0.2, 0.25) is 0 Å². The van der Waals surface area contributed by atoms with Gasteiger partial charge < -0.3 is 9.64 Å². The molecule has 1 aromatic carbocycles. The smallest absolute Gasteiger partial charge is 0.338 e. The maximum Gasteiger partial charge on any atom is 0.338 e. The maximum atomic E-state index is 12.1. The van der Waals surface area contributed by atoms with Crippen LogP contribution in [0, 0.1) is 22.7 Å². The number of benzene rings is 1. The van der Waals surface area contributed by atoms with Gasteiger partial charge in [-0.15, -0.1) is 0 Å². The Bertz CT molecular complexity index is 726. The molecule has 0 bridgehead atoms. The number of allylic oxidation sites excluding steroid dienone is 2.